The summed E-state index contributed by atoms with van der Waals surface area (Å²) in [7, 11) is 0. The van der Waals surface area contributed by atoms with Crippen molar-refractivity contribution in [3.8, 4) is 0 Å². The third-order valence-electron chi connectivity index (χ3n) is 5.34. The maximum atomic E-state index is 12.3. The average molecular weight is 385 g/mol. The summed E-state index contributed by atoms with van der Waals surface area (Å²) in [5.41, 5.74) is 1.77. The van der Waals surface area contributed by atoms with Crippen LogP contribution in [0.5, 0.6) is 0 Å². The molecule has 0 bridgehead atoms. The van der Waals surface area contributed by atoms with Gasteiger partial charge in [0.2, 0.25) is 11.8 Å². The van der Waals surface area contributed by atoms with Gasteiger partial charge in [0.25, 0.3) is 0 Å². The minimum absolute atomic E-state index is 0.00798. The number of aromatic nitrogens is 1. The maximum Gasteiger partial charge on any atom is 0.326 e. The number of rotatable bonds is 8. The highest BCUT2D eigenvalue weighted by molar-refractivity contribution is 5.87. The van der Waals surface area contributed by atoms with Crippen LogP contribution in [0, 0.1) is 5.92 Å². The molecule has 0 unspecified atom stereocenters. The first-order valence-corrected chi connectivity index (χ1v) is 9.81. The van der Waals surface area contributed by atoms with Gasteiger partial charge in [-0.3, -0.25) is 9.59 Å². The number of aliphatic carboxylic acids is 1. The Morgan fingerprint density at radius 3 is 2.61 bits per heavy atom. The Morgan fingerprint density at radius 2 is 1.89 bits per heavy atom. The summed E-state index contributed by atoms with van der Waals surface area (Å²) in [4.78, 5) is 39.2. The van der Waals surface area contributed by atoms with Crippen molar-refractivity contribution in [1.82, 2.24) is 15.6 Å². The lowest BCUT2D eigenvalue weighted by molar-refractivity contribution is -0.142. The Labute approximate surface area is 163 Å². The van der Waals surface area contributed by atoms with Crippen molar-refractivity contribution < 1.29 is 19.5 Å². The average Bonchev–Trinajstić information content (AvgIpc) is 3.31. The first-order valence-electron chi connectivity index (χ1n) is 9.81. The Balaban J connectivity index is 1.55. The SMILES string of the molecule is C[C@H](CC(=O)N[C@H](Cc1c[nH]c2ccccc12)C(=O)O)NC(=O)C1CCCC1. The number of carbonyl (C=O) groups excluding carboxylic acids is 2. The predicted octanol–water partition coefficient (Wildman–Crippen LogP) is 2.36. The number of hydrogen-bond acceptors (Lipinski definition) is 3. The van der Waals surface area contributed by atoms with E-state index in [2.05, 4.69) is 15.6 Å². The van der Waals surface area contributed by atoms with Crippen LogP contribution in [0.3, 0.4) is 0 Å². The molecule has 3 rings (SSSR count). The summed E-state index contributed by atoms with van der Waals surface area (Å²) in [6.07, 6.45) is 5.95. The summed E-state index contributed by atoms with van der Waals surface area (Å²) in [6, 6.07) is 6.27. The van der Waals surface area contributed by atoms with Gasteiger partial charge in [-0.15, -0.1) is 0 Å². The fraction of sp³-hybridized carbons (Fsp3) is 0.476. The molecule has 1 aliphatic rings. The quantitative estimate of drug-likeness (QED) is 0.559. The van der Waals surface area contributed by atoms with Crippen LogP contribution < -0.4 is 10.6 Å². The zero-order valence-corrected chi connectivity index (χ0v) is 16.0. The molecular weight excluding hydrogens is 358 g/mol. The van der Waals surface area contributed by atoms with Gasteiger partial charge in [0.05, 0.1) is 0 Å². The van der Waals surface area contributed by atoms with Gasteiger partial charge in [-0.1, -0.05) is 31.0 Å². The lowest BCUT2D eigenvalue weighted by Gasteiger charge is -2.19. The molecule has 0 saturated heterocycles. The van der Waals surface area contributed by atoms with Crippen molar-refractivity contribution in [3.63, 3.8) is 0 Å². The number of nitrogens with one attached hydrogen (secondary N) is 3. The first kappa shape index (κ1) is 19.9. The van der Waals surface area contributed by atoms with E-state index < -0.39 is 12.0 Å². The van der Waals surface area contributed by atoms with E-state index in [9.17, 15) is 19.5 Å². The third kappa shape index (κ3) is 4.91. The fourth-order valence-electron chi connectivity index (χ4n) is 3.85. The van der Waals surface area contributed by atoms with Crippen molar-refractivity contribution >= 4 is 28.7 Å². The van der Waals surface area contributed by atoms with Crippen LogP contribution in [-0.2, 0) is 20.8 Å². The van der Waals surface area contributed by atoms with Crippen molar-refractivity contribution in [2.45, 2.75) is 57.5 Å². The maximum absolute atomic E-state index is 12.3. The summed E-state index contributed by atoms with van der Waals surface area (Å²) in [5, 5.41) is 15.9. The lowest BCUT2D eigenvalue weighted by Crippen LogP contribution is -2.45. The molecular formula is C21H27N3O4. The highest BCUT2D eigenvalue weighted by Gasteiger charge is 2.26. The van der Waals surface area contributed by atoms with Gasteiger partial charge in [0, 0.05) is 41.9 Å². The van der Waals surface area contributed by atoms with Crippen LogP contribution in [0.4, 0.5) is 0 Å². The topological polar surface area (TPSA) is 111 Å². The molecule has 7 heteroatoms. The number of carboxylic acid groups (broad SMARTS) is 1. The van der Waals surface area contributed by atoms with E-state index in [1.165, 1.54) is 0 Å². The Hall–Kier alpha value is -2.83. The number of para-hydroxylation sites is 1. The summed E-state index contributed by atoms with van der Waals surface area (Å²) >= 11 is 0. The number of benzene rings is 1. The number of amides is 2. The van der Waals surface area contributed by atoms with Crippen LogP contribution in [0.1, 0.15) is 44.6 Å². The monoisotopic (exact) mass is 385 g/mol. The highest BCUT2D eigenvalue weighted by Crippen LogP contribution is 2.24. The van der Waals surface area contributed by atoms with Crippen molar-refractivity contribution in [2.24, 2.45) is 5.92 Å². The zero-order valence-electron chi connectivity index (χ0n) is 16.0. The standard InChI is InChI=1S/C21H27N3O4/c1-13(23-20(26)14-6-2-3-7-14)10-19(25)24-18(21(27)28)11-15-12-22-17-9-5-4-8-16(15)17/h4-5,8-9,12-14,18,22H,2-3,6-7,10-11H2,1H3,(H,23,26)(H,24,25)(H,27,28)/t13-,18-/m1/s1. The molecule has 0 radical (unpaired) electrons. The van der Waals surface area contributed by atoms with E-state index in [0.29, 0.717) is 0 Å². The lowest BCUT2D eigenvalue weighted by atomic mass is 10.0. The molecule has 1 heterocycles. The van der Waals surface area contributed by atoms with Gasteiger partial charge in [-0.2, -0.15) is 0 Å². The molecule has 4 N–H and O–H groups in total. The van der Waals surface area contributed by atoms with Crippen molar-refractivity contribution in [2.75, 3.05) is 0 Å². The smallest absolute Gasteiger partial charge is 0.326 e. The second kappa shape index (κ2) is 8.91. The summed E-state index contributed by atoms with van der Waals surface area (Å²) in [6.45, 7) is 1.77. The molecule has 1 aromatic heterocycles. The molecule has 2 atom stereocenters. The van der Waals surface area contributed by atoms with Crippen LogP contribution >= 0.6 is 0 Å². The van der Waals surface area contributed by atoms with Crippen LogP contribution in [0.2, 0.25) is 0 Å². The molecule has 0 aliphatic heterocycles. The van der Waals surface area contributed by atoms with Crippen LogP contribution in [0.25, 0.3) is 10.9 Å². The van der Waals surface area contributed by atoms with E-state index in [0.717, 1.165) is 42.1 Å². The molecule has 1 fully saturated rings. The normalized spacial score (nSPS) is 16.6. The molecule has 0 spiro atoms. The van der Waals surface area contributed by atoms with Gasteiger partial charge >= 0.3 is 5.97 Å². The fourth-order valence-corrected chi connectivity index (χ4v) is 3.85. The minimum atomic E-state index is -1.08. The van der Waals surface area contributed by atoms with Crippen molar-refractivity contribution in [1.29, 1.82) is 0 Å². The molecule has 1 aliphatic carbocycles. The molecule has 2 amide bonds. The number of carbonyl (C=O) groups is 3. The Kier molecular flexibility index (Phi) is 6.34. The number of hydrogen-bond donors (Lipinski definition) is 4. The number of carboxylic acids is 1. The van der Waals surface area contributed by atoms with E-state index in [1.807, 2.05) is 24.3 Å². The van der Waals surface area contributed by atoms with Crippen LogP contribution in [0.15, 0.2) is 30.5 Å². The van der Waals surface area contributed by atoms with Gasteiger partial charge in [-0.05, 0) is 31.4 Å². The Morgan fingerprint density at radius 1 is 1.18 bits per heavy atom. The predicted molar refractivity (Wildman–Crippen MR) is 106 cm³/mol. The van der Waals surface area contributed by atoms with Crippen LogP contribution in [-0.4, -0.2) is 40.0 Å². The molecule has 28 heavy (non-hydrogen) atoms. The summed E-state index contributed by atoms with van der Waals surface area (Å²) in [5.74, 6) is -1.43. The second-order valence-corrected chi connectivity index (χ2v) is 7.62. The molecule has 7 nitrogen and oxygen atoms in total. The third-order valence-corrected chi connectivity index (χ3v) is 5.34. The number of aromatic amines is 1. The minimum Gasteiger partial charge on any atom is -0.480 e. The highest BCUT2D eigenvalue weighted by atomic mass is 16.4. The first-order chi connectivity index (χ1) is 13.4. The molecule has 1 saturated carbocycles. The molecule has 1 aromatic carbocycles. The zero-order chi connectivity index (χ0) is 20.1. The van der Waals surface area contributed by atoms with Gasteiger partial charge in [-0.25, -0.2) is 4.79 Å². The van der Waals surface area contributed by atoms with E-state index in [-0.39, 0.29) is 36.6 Å². The summed E-state index contributed by atoms with van der Waals surface area (Å²) < 4.78 is 0. The van der Waals surface area contributed by atoms with E-state index >= 15 is 0 Å². The van der Waals surface area contributed by atoms with E-state index in [1.54, 1.807) is 13.1 Å². The van der Waals surface area contributed by atoms with Gasteiger partial charge < -0.3 is 20.7 Å². The Bertz CT molecular complexity index is 854. The van der Waals surface area contributed by atoms with Gasteiger partial charge in [0.1, 0.15) is 6.04 Å². The molecule has 150 valence electrons. The van der Waals surface area contributed by atoms with Gasteiger partial charge in [0.15, 0.2) is 0 Å². The second-order valence-electron chi connectivity index (χ2n) is 7.62. The number of H-pyrrole nitrogens is 1. The molecule has 2 aromatic rings. The largest absolute Gasteiger partial charge is 0.480 e. The van der Waals surface area contributed by atoms with E-state index in [4.69, 9.17) is 0 Å². The van der Waals surface area contributed by atoms with Crippen molar-refractivity contribution in [3.05, 3.63) is 36.0 Å². The number of fused-ring (bicyclic) bond motifs is 1.